The highest BCUT2D eigenvalue weighted by atomic mass is 35.5. The van der Waals surface area contributed by atoms with Gasteiger partial charge in [0.2, 0.25) is 0 Å². The first-order valence-corrected chi connectivity index (χ1v) is 7.85. The second-order valence-corrected chi connectivity index (χ2v) is 5.13. The zero-order valence-corrected chi connectivity index (χ0v) is 13.9. The van der Waals surface area contributed by atoms with E-state index in [1.165, 1.54) is 4.90 Å². The minimum Gasteiger partial charge on any atom is -0.466 e. The van der Waals surface area contributed by atoms with Crippen LogP contribution in [0.15, 0.2) is 24.3 Å². The minimum atomic E-state index is -0.354. The standard InChI is InChI=1S/C16H22ClNO5/c1-2-23-15(20)6-7-18(8-10-22-11-9-19)16(21)13-4-3-5-14(17)12-13/h3-5,12,19H,2,6-11H2,1H3. The summed E-state index contributed by atoms with van der Waals surface area (Å²) >= 11 is 5.91. The van der Waals surface area contributed by atoms with Crippen molar-refractivity contribution in [3.8, 4) is 0 Å². The summed E-state index contributed by atoms with van der Waals surface area (Å²) in [6, 6.07) is 6.63. The Balaban J connectivity index is 2.68. The number of amides is 1. The van der Waals surface area contributed by atoms with E-state index in [0.717, 1.165) is 0 Å². The van der Waals surface area contributed by atoms with Crippen LogP contribution in [0, 0.1) is 0 Å². The van der Waals surface area contributed by atoms with Crippen molar-refractivity contribution in [3.63, 3.8) is 0 Å². The molecule has 0 bridgehead atoms. The van der Waals surface area contributed by atoms with Crippen molar-refractivity contribution < 1.29 is 24.2 Å². The van der Waals surface area contributed by atoms with Crippen LogP contribution in [0.2, 0.25) is 5.02 Å². The Morgan fingerprint density at radius 2 is 2.04 bits per heavy atom. The van der Waals surface area contributed by atoms with Crippen LogP contribution in [-0.4, -0.2) is 61.4 Å². The predicted molar refractivity (Wildman–Crippen MR) is 86.5 cm³/mol. The first kappa shape index (κ1) is 19.4. The second kappa shape index (κ2) is 11.0. The van der Waals surface area contributed by atoms with E-state index < -0.39 is 0 Å². The summed E-state index contributed by atoms with van der Waals surface area (Å²) in [7, 11) is 0. The largest absolute Gasteiger partial charge is 0.466 e. The molecule has 0 saturated carbocycles. The molecule has 7 heteroatoms. The number of esters is 1. The Bertz CT molecular complexity index is 509. The molecule has 0 aromatic heterocycles. The number of halogens is 1. The van der Waals surface area contributed by atoms with E-state index in [0.29, 0.717) is 23.7 Å². The zero-order chi connectivity index (χ0) is 17.1. The Morgan fingerprint density at radius 3 is 2.70 bits per heavy atom. The van der Waals surface area contributed by atoms with Crippen LogP contribution in [0.4, 0.5) is 0 Å². The molecular formula is C16H22ClNO5. The zero-order valence-electron chi connectivity index (χ0n) is 13.2. The number of rotatable bonds is 10. The molecule has 1 amide bonds. The second-order valence-electron chi connectivity index (χ2n) is 4.69. The van der Waals surface area contributed by atoms with E-state index in [1.54, 1.807) is 31.2 Å². The fourth-order valence-electron chi connectivity index (χ4n) is 1.92. The Kier molecular flexibility index (Phi) is 9.28. The first-order chi connectivity index (χ1) is 11.1. The van der Waals surface area contributed by atoms with Gasteiger partial charge in [-0.25, -0.2) is 0 Å². The van der Waals surface area contributed by atoms with E-state index >= 15 is 0 Å². The van der Waals surface area contributed by atoms with Crippen molar-refractivity contribution in [1.29, 1.82) is 0 Å². The topological polar surface area (TPSA) is 76.1 Å². The van der Waals surface area contributed by atoms with Gasteiger partial charge in [0.1, 0.15) is 0 Å². The molecule has 1 rings (SSSR count). The van der Waals surface area contributed by atoms with Gasteiger partial charge in [0, 0.05) is 23.7 Å². The van der Waals surface area contributed by atoms with Gasteiger partial charge in [0.15, 0.2) is 0 Å². The lowest BCUT2D eigenvalue weighted by molar-refractivity contribution is -0.143. The van der Waals surface area contributed by atoms with Gasteiger partial charge in [-0.1, -0.05) is 17.7 Å². The molecule has 1 aromatic carbocycles. The number of hydrogen-bond acceptors (Lipinski definition) is 5. The number of carbonyl (C=O) groups is 2. The molecule has 1 aromatic rings. The molecule has 0 atom stereocenters. The molecule has 0 aliphatic rings. The predicted octanol–water partition coefficient (Wildman–Crippen LogP) is 1.74. The first-order valence-electron chi connectivity index (χ1n) is 7.47. The fourth-order valence-corrected chi connectivity index (χ4v) is 2.11. The van der Waals surface area contributed by atoms with Crippen molar-refractivity contribution in [2.24, 2.45) is 0 Å². The van der Waals surface area contributed by atoms with Crippen molar-refractivity contribution in [1.82, 2.24) is 4.90 Å². The summed E-state index contributed by atoms with van der Waals surface area (Å²) in [5, 5.41) is 9.17. The van der Waals surface area contributed by atoms with E-state index in [1.807, 2.05) is 0 Å². The van der Waals surface area contributed by atoms with E-state index in [2.05, 4.69) is 0 Å². The number of carbonyl (C=O) groups excluding carboxylic acids is 2. The van der Waals surface area contributed by atoms with Crippen LogP contribution in [0.5, 0.6) is 0 Å². The average Bonchev–Trinajstić information content (AvgIpc) is 2.54. The van der Waals surface area contributed by atoms with Crippen LogP contribution in [0.1, 0.15) is 23.7 Å². The number of ether oxygens (including phenoxy) is 2. The highest BCUT2D eigenvalue weighted by molar-refractivity contribution is 6.30. The van der Waals surface area contributed by atoms with Gasteiger partial charge in [-0.3, -0.25) is 9.59 Å². The van der Waals surface area contributed by atoms with Crippen molar-refractivity contribution >= 4 is 23.5 Å². The monoisotopic (exact) mass is 343 g/mol. The maximum Gasteiger partial charge on any atom is 0.307 e. The minimum absolute atomic E-state index is 0.0783. The summed E-state index contributed by atoms with van der Waals surface area (Å²) in [5.74, 6) is -0.586. The highest BCUT2D eigenvalue weighted by Crippen LogP contribution is 2.13. The van der Waals surface area contributed by atoms with Gasteiger partial charge < -0.3 is 19.5 Å². The molecule has 0 spiro atoms. The van der Waals surface area contributed by atoms with Crippen LogP contribution in [0.25, 0.3) is 0 Å². The quantitative estimate of drug-likeness (QED) is 0.517. The third kappa shape index (κ3) is 7.45. The lowest BCUT2D eigenvalue weighted by Crippen LogP contribution is -2.36. The van der Waals surface area contributed by atoms with E-state index in [4.69, 9.17) is 26.2 Å². The average molecular weight is 344 g/mol. The molecule has 0 aliphatic heterocycles. The molecule has 1 N–H and O–H groups in total. The molecule has 23 heavy (non-hydrogen) atoms. The van der Waals surface area contributed by atoms with Crippen molar-refractivity contribution in [2.75, 3.05) is 39.5 Å². The number of aliphatic hydroxyl groups excluding tert-OH is 1. The molecule has 0 fully saturated rings. The van der Waals surface area contributed by atoms with Gasteiger partial charge >= 0.3 is 5.97 Å². The lowest BCUT2D eigenvalue weighted by Gasteiger charge is -2.22. The third-order valence-corrected chi connectivity index (χ3v) is 3.23. The maximum absolute atomic E-state index is 12.5. The van der Waals surface area contributed by atoms with Gasteiger partial charge in [-0.05, 0) is 25.1 Å². The molecule has 128 valence electrons. The van der Waals surface area contributed by atoms with Crippen LogP contribution >= 0.6 is 11.6 Å². The summed E-state index contributed by atoms with van der Waals surface area (Å²) in [4.78, 5) is 25.5. The normalized spacial score (nSPS) is 10.4. The smallest absolute Gasteiger partial charge is 0.307 e. The Hall–Kier alpha value is -1.63. The van der Waals surface area contributed by atoms with E-state index in [-0.39, 0.29) is 44.7 Å². The molecule has 0 radical (unpaired) electrons. The molecule has 0 unspecified atom stereocenters. The maximum atomic E-state index is 12.5. The van der Waals surface area contributed by atoms with Gasteiger partial charge in [-0.2, -0.15) is 0 Å². The highest BCUT2D eigenvalue weighted by Gasteiger charge is 2.17. The van der Waals surface area contributed by atoms with Gasteiger partial charge in [-0.15, -0.1) is 0 Å². The summed E-state index contributed by atoms with van der Waals surface area (Å²) in [6.45, 7) is 2.98. The Labute approximate surface area is 140 Å². The molecule has 0 saturated heterocycles. The van der Waals surface area contributed by atoms with Gasteiger partial charge in [0.25, 0.3) is 5.91 Å². The lowest BCUT2D eigenvalue weighted by atomic mass is 10.2. The van der Waals surface area contributed by atoms with Gasteiger partial charge in [0.05, 0.1) is 32.8 Å². The fraction of sp³-hybridized carbons (Fsp3) is 0.500. The van der Waals surface area contributed by atoms with E-state index in [9.17, 15) is 9.59 Å². The molecule has 0 aliphatic carbocycles. The summed E-state index contributed by atoms with van der Waals surface area (Å²) in [6.07, 6.45) is 0.111. The molecular weight excluding hydrogens is 322 g/mol. The van der Waals surface area contributed by atoms with Crippen LogP contribution in [0.3, 0.4) is 0 Å². The van der Waals surface area contributed by atoms with Crippen LogP contribution < -0.4 is 0 Å². The molecule has 6 nitrogen and oxygen atoms in total. The number of benzene rings is 1. The summed E-state index contributed by atoms with van der Waals surface area (Å²) in [5.41, 5.74) is 0.448. The third-order valence-electron chi connectivity index (χ3n) is 2.99. The SMILES string of the molecule is CCOC(=O)CCN(CCOCCO)C(=O)c1cccc(Cl)c1. The van der Waals surface area contributed by atoms with Crippen molar-refractivity contribution in [3.05, 3.63) is 34.9 Å². The number of nitrogens with zero attached hydrogens (tertiary/aromatic N) is 1. The van der Waals surface area contributed by atoms with Crippen LogP contribution in [-0.2, 0) is 14.3 Å². The Morgan fingerprint density at radius 1 is 1.26 bits per heavy atom. The molecule has 0 heterocycles. The number of aliphatic hydroxyl groups is 1. The number of hydrogen-bond donors (Lipinski definition) is 1. The van der Waals surface area contributed by atoms with Crippen molar-refractivity contribution in [2.45, 2.75) is 13.3 Å². The summed E-state index contributed by atoms with van der Waals surface area (Å²) < 4.78 is 10.1.